The molecule has 0 fully saturated rings. The summed E-state index contributed by atoms with van der Waals surface area (Å²) in [7, 11) is 0. The van der Waals surface area contributed by atoms with Gasteiger partial charge in [-0.25, -0.2) is 9.97 Å². The van der Waals surface area contributed by atoms with Crippen molar-refractivity contribution in [3.63, 3.8) is 0 Å². The summed E-state index contributed by atoms with van der Waals surface area (Å²) >= 11 is 1.92. The van der Waals surface area contributed by atoms with Crippen LogP contribution in [0.4, 0.5) is 11.6 Å². The highest BCUT2D eigenvalue weighted by Gasteiger charge is 2.14. The van der Waals surface area contributed by atoms with Crippen molar-refractivity contribution in [1.82, 2.24) is 9.97 Å². The normalized spacial score (nSPS) is 12.8. The quantitative estimate of drug-likeness (QED) is 0.817. The smallest absolute Gasteiger partial charge is 0.135 e. The first kappa shape index (κ1) is 14.1. The minimum absolute atomic E-state index is 0.324. The van der Waals surface area contributed by atoms with Crippen molar-refractivity contribution in [3.8, 4) is 0 Å². The molecule has 0 aliphatic heterocycles. The Balaban J connectivity index is 2.79. The summed E-state index contributed by atoms with van der Waals surface area (Å²) in [4.78, 5) is 8.35. The van der Waals surface area contributed by atoms with E-state index in [1.54, 1.807) is 0 Å². The maximum atomic E-state index is 5.90. The number of nitrogens with two attached hydrogens (primary N) is 1. The monoisotopic (exact) mass is 254 g/mol. The van der Waals surface area contributed by atoms with E-state index in [0.29, 0.717) is 17.8 Å². The number of nitrogen functional groups attached to an aromatic ring is 1. The number of anilines is 2. The van der Waals surface area contributed by atoms with Gasteiger partial charge in [-0.05, 0) is 18.6 Å². The van der Waals surface area contributed by atoms with E-state index in [2.05, 4.69) is 43.0 Å². The van der Waals surface area contributed by atoms with Gasteiger partial charge in [-0.1, -0.05) is 20.8 Å². The molecule has 5 heteroatoms. The van der Waals surface area contributed by atoms with E-state index in [1.807, 2.05) is 11.8 Å². The highest BCUT2D eigenvalue weighted by Crippen LogP contribution is 2.26. The Morgan fingerprint density at radius 1 is 1.35 bits per heavy atom. The van der Waals surface area contributed by atoms with Crippen LogP contribution in [0.5, 0.6) is 0 Å². The van der Waals surface area contributed by atoms with Crippen LogP contribution < -0.4 is 11.1 Å². The van der Waals surface area contributed by atoms with Gasteiger partial charge in [-0.2, -0.15) is 11.8 Å². The Labute approximate surface area is 108 Å². The van der Waals surface area contributed by atoms with Gasteiger partial charge in [0.05, 0.1) is 0 Å². The molecule has 96 valence electrons. The minimum atomic E-state index is 0.324. The molecule has 1 heterocycles. The third-order valence-electron chi connectivity index (χ3n) is 2.45. The summed E-state index contributed by atoms with van der Waals surface area (Å²) in [6.45, 7) is 8.53. The Bertz CT molecular complexity index is 354. The number of aromatic nitrogens is 2. The second kappa shape index (κ2) is 6.69. The molecule has 17 heavy (non-hydrogen) atoms. The molecule has 1 rings (SSSR count). The lowest BCUT2D eigenvalue weighted by Crippen LogP contribution is -2.21. The largest absolute Gasteiger partial charge is 0.383 e. The van der Waals surface area contributed by atoms with Crippen LogP contribution in [0.25, 0.3) is 0 Å². The van der Waals surface area contributed by atoms with Gasteiger partial charge >= 0.3 is 0 Å². The van der Waals surface area contributed by atoms with Crippen LogP contribution in [0, 0.1) is 0 Å². The number of thioether (sulfide) groups is 1. The van der Waals surface area contributed by atoms with Gasteiger partial charge in [-0.15, -0.1) is 0 Å². The first-order chi connectivity index (χ1) is 8.06. The highest BCUT2D eigenvalue weighted by molar-refractivity contribution is 7.99. The number of nitrogens with one attached hydrogen (secondary N) is 1. The van der Waals surface area contributed by atoms with Crippen molar-refractivity contribution in [2.24, 2.45) is 0 Å². The fourth-order valence-corrected chi connectivity index (χ4v) is 2.34. The van der Waals surface area contributed by atoms with Crippen molar-refractivity contribution < 1.29 is 0 Å². The molecule has 0 spiro atoms. The minimum Gasteiger partial charge on any atom is -0.383 e. The van der Waals surface area contributed by atoms with Crippen molar-refractivity contribution in [2.75, 3.05) is 22.6 Å². The van der Waals surface area contributed by atoms with Crippen LogP contribution >= 0.6 is 11.8 Å². The predicted molar refractivity (Wildman–Crippen MR) is 76.6 cm³/mol. The molecule has 0 radical (unpaired) electrons. The van der Waals surface area contributed by atoms with Crippen molar-refractivity contribution in [3.05, 3.63) is 11.9 Å². The Kier molecular flexibility index (Phi) is 5.55. The third-order valence-corrected chi connectivity index (χ3v) is 3.59. The molecule has 1 aromatic rings. The summed E-state index contributed by atoms with van der Waals surface area (Å²) in [5.74, 6) is 3.97. The van der Waals surface area contributed by atoms with Gasteiger partial charge in [0, 0.05) is 17.4 Å². The third kappa shape index (κ3) is 4.07. The number of rotatable bonds is 6. The molecule has 3 N–H and O–H groups in total. The molecule has 0 aliphatic rings. The Morgan fingerprint density at radius 2 is 2.06 bits per heavy atom. The van der Waals surface area contributed by atoms with Crippen molar-refractivity contribution in [2.45, 2.75) is 39.7 Å². The predicted octanol–water partition coefficient (Wildman–Crippen LogP) is 2.74. The van der Waals surface area contributed by atoms with E-state index in [4.69, 9.17) is 5.73 Å². The second-order valence-corrected chi connectivity index (χ2v) is 5.70. The second-order valence-electron chi connectivity index (χ2n) is 4.38. The molecule has 0 bridgehead atoms. The molecule has 1 unspecified atom stereocenters. The summed E-state index contributed by atoms with van der Waals surface area (Å²) in [6.07, 6.45) is 1.52. The van der Waals surface area contributed by atoms with E-state index in [0.717, 1.165) is 22.9 Å². The number of hydrogen-bond acceptors (Lipinski definition) is 5. The standard InChI is InChI=1S/C12H22N4S/c1-5-17-6-9(4)16-12-10(8(2)3)11(13)14-7-15-12/h7-9H,5-6H2,1-4H3,(H3,13,14,15,16). The van der Waals surface area contributed by atoms with E-state index in [-0.39, 0.29) is 0 Å². The van der Waals surface area contributed by atoms with Gasteiger partial charge < -0.3 is 11.1 Å². The van der Waals surface area contributed by atoms with Gasteiger partial charge in [0.25, 0.3) is 0 Å². The molecule has 4 nitrogen and oxygen atoms in total. The molecule has 0 amide bonds. The Morgan fingerprint density at radius 3 is 2.65 bits per heavy atom. The molecule has 0 aromatic carbocycles. The van der Waals surface area contributed by atoms with E-state index in [9.17, 15) is 0 Å². The van der Waals surface area contributed by atoms with Crippen LogP contribution in [-0.4, -0.2) is 27.5 Å². The van der Waals surface area contributed by atoms with Crippen LogP contribution in [0.1, 0.15) is 39.2 Å². The first-order valence-corrected chi connectivity index (χ1v) is 7.16. The Hall–Kier alpha value is -0.970. The van der Waals surface area contributed by atoms with Crippen LogP contribution in [-0.2, 0) is 0 Å². The van der Waals surface area contributed by atoms with Gasteiger partial charge in [-0.3, -0.25) is 0 Å². The summed E-state index contributed by atoms with van der Waals surface area (Å²) < 4.78 is 0. The average molecular weight is 254 g/mol. The lowest BCUT2D eigenvalue weighted by Gasteiger charge is -2.19. The van der Waals surface area contributed by atoms with Crippen molar-refractivity contribution >= 4 is 23.4 Å². The number of hydrogen-bond donors (Lipinski definition) is 2. The lowest BCUT2D eigenvalue weighted by atomic mass is 10.0. The molecule has 0 saturated carbocycles. The zero-order valence-electron chi connectivity index (χ0n) is 11.0. The summed E-state index contributed by atoms with van der Waals surface area (Å²) in [5, 5.41) is 3.42. The molecule has 0 saturated heterocycles. The van der Waals surface area contributed by atoms with Crippen LogP contribution in [0.15, 0.2) is 6.33 Å². The fraction of sp³-hybridized carbons (Fsp3) is 0.667. The zero-order valence-corrected chi connectivity index (χ0v) is 11.8. The van der Waals surface area contributed by atoms with Crippen molar-refractivity contribution in [1.29, 1.82) is 0 Å². The first-order valence-electron chi connectivity index (χ1n) is 6.00. The molecule has 1 atom stereocenters. The molecule has 0 aliphatic carbocycles. The van der Waals surface area contributed by atoms with Crippen LogP contribution in [0.2, 0.25) is 0 Å². The maximum Gasteiger partial charge on any atom is 0.135 e. The van der Waals surface area contributed by atoms with E-state index in [1.165, 1.54) is 6.33 Å². The number of nitrogens with zero attached hydrogens (tertiary/aromatic N) is 2. The van der Waals surface area contributed by atoms with Gasteiger partial charge in [0.2, 0.25) is 0 Å². The molecular formula is C12H22N4S. The van der Waals surface area contributed by atoms with E-state index < -0.39 is 0 Å². The average Bonchev–Trinajstić information content (AvgIpc) is 2.25. The topological polar surface area (TPSA) is 63.8 Å². The fourth-order valence-electron chi connectivity index (χ4n) is 1.66. The molecular weight excluding hydrogens is 232 g/mol. The summed E-state index contributed by atoms with van der Waals surface area (Å²) in [5.41, 5.74) is 6.92. The SMILES string of the molecule is CCSCC(C)Nc1ncnc(N)c1C(C)C. The van der Waals surface area contributed by atoms with Crippen LogP contribution in [0.3, 0.4) is 0 Å². The maximum absolute atomic E-state index is 5.90. The summed E-state index contributed by atoms with van der Waals surface area (Å²) in [6, 6.07) is 0.381. The van der Waals surface area contributed by atoms with E-state index >= 15 is 0 Å². The zero-order chi connectivity index (χ0) is 12.8. The highest BCUT2D eigenvalue weighted by atomic mass is 32.2. The lowest BCUT2D eigenvalue weighted by molar-refractivity contribution is 0.831. The molecule has 1 aromatic heterocycles. The van der Waals surface area contributed by atoms with Gasteiger partial charge in [0.15, 0.2) is 0 Å². The van der Waals surface area contributed by atoms with Gasteiger partial charge in [0.1, 0.15) is 18.0 Å².